The minimum absolute atomic E-state index is 0.0876. The van der Waals surface area contributed by atoms with Gasteiger partial charge in [-0.15, -0.1) is 0 Å². The first-order valence-electron chi connectivity index (χ1n) is 12.0. The van der Waals surface area contributed by atoms with Gasteiger partial charge >= 0.3 is 12.1 Å². The van der Waals surface area contributed by atoms with E-state index in [9.17, 15) is 28.2 Å². The number of aryl methyl sites for hydroxylation is 2. The smallest absolute Gasteiger partial charge is 0.435 e. The van der Waals surface area contributed by atoms with E-state index in [1.54, 1.807) is 24.3 Å². The molecule has 5 rings (SSSR count). The van der Waals surface area contributed by atoms with Crippen molar-refractivity contribution in [3.05, 3.63) is 53.2 Å². The molecule has 0 unspecified atom stereocenters. The van der Waals surface area contributed by atoms with Crippen LogP contribution < -0.4 is 9.64 Å². The van der Waals surface area contributed by atoms with Crippen molar-refractivity contribution in [2.45, 2.75) is 50.5 Å². The van der Waals surface area contributed by atoms with Gasteiger partial charge < -0.3 is 19.8 Å². The van der Waals surface area contributed by atoms with Crippen molar-refractivity contribution in [2.24, 2.45) is 13.0 Å². The second-order valence-corrected chi connectivity index (χ2v) is 9.88. The first kappa shape index (κ1) is 24.4. The Hall–Kier alpha value is -3.27. The van der Waals surface area contributed by atoms with Crippen molar-refractivity contribution in [3.63, 3.8) is 0 Å². The molecule has 0 amide bonds. The maximum absolute atomic E-state index is 13.3. The van der Waals surface area contributed by atoms with Crippen LogP contribution in [0.1, 0.15) is 49.1 Å². The number of hydrogen-bond acceptors (Lipinski definition) is 5. The molecule has 0 aliphatic carbocycles. The monoisotopic (exact) mass is 503 g/mol. The minimum Gasteiger partial charge on any atom is -0.487 e. The first-order chi connectivity index (χ1) is 17.0. The van der Waals surface area contributed by atoms with Crippen molar-refractivity contribution in [1.29, 1.82) is 0 Å². The van der Waals surface area contributed by atoms with Gasteiger partial charge in [0, 0.05) is 44.1 Å². The predicted molar refractivity (Wildman–Crippen MR) is 127 cm³/mol. The van der Waals surface area contributed by atoms with E-state index in [0.717, 1.165) is 36.9 Å². The summed E-state index contributed by atoms with van der Waals surface area (Å²) in [5.74, 6) is -1.32. The van der Waals surface area contributed by atoms with Gasteiger partial charge in [0.25, 0.3) is 0 Å². The standard InChI is InChI=1S/C26H28F3N3O4/c1-15(24(34)35)22(33)17-4-3-16-7-8-25(36-21(16)13-17)9-11-32(12-10-25)18-5-6-19-20(14-18)31(2)30-23(19)26(27,28)29/h3-6,13-15,22,33H,7-12H2,1-2H3,(H,34,35)/t15-,22+/m0/s1. The topological polar surface area (TPSA) is 87.8 Å². The fourth-order valence-electron chi connectivity index (χ4n) is 5.30. The number of carboxylic acids is 1. The summed E-state index contributed by atoms with van der Waals surface area (Å²) < 4.78 is 47.6. The van der Waals surface area contributed by atoms with Gasteiger partial charge in [-0.2, -0.15) is 18.3 Å². The molecular formula is C26H28F3N3O4. The van der Waals surface area contributed by atoms with E-state index in [2.05, 4.69) is 10.00 Å². The van der Waals surface area contributed by atoms with E-state index in [1.165, 1.54) is 24.7 Å². The van der Waals surface area contributed by atoms with Gasteiger partial charge in [0.1, 0.15) is 11.4 Å². The van der Waals surface area contributed by atoms with Crippen molar-refractivity contribution in [3.8, 4) is 5.75 Å². The summed E-state index contributed by atoms with van der Waals surface area (Å²) >= 11 is 0. The summed E-state index contributed by atoms with van der Waals surface area (Å²) in [4.78, 5) is 13.4. The molecule has 3 aromatic rings. The molecule has 0 radical (unpaired) electrons. The zero-order chi connectivity index (χ0) is 25.8. The van der Waals surface area contributed by atoms with Crippen LogP contribution in [0.3, 0.4) is 0 Å². The summed E-state index contributed by atoms with van der Waals surface area (Å²) in [6.45, 7) is 2.84. The van der Waals surface area contributed by atoms with Crippen LogP contribution in [0, 0.1) is 5.92 Å². The lowest BCUT2D eigenvalue weighted by Crippen LogP contribution is -2.49. The van der Waals surface area contributed by atoms with Crippen LogP contribution in [0.2, 0.25) is 0 Å². The molecule has 2 N–H and O–H groups in total. The van der Waals surface area contributed by atoms with Crippen LogP contribution in [-0.2, 0) is 24.4 Å². The third kappa shape index (κ3) is 4.27. The average Bonchev–Trinajstić information content (AvgIpc) is 3.19. The fourth-order valence-corrected chi connectivity index (χ4v) is 5.30. The van der Waals surface area contributed by atoms with Gasteiger partial charge in [-0.05, 0) is 55.2 Å². The molecule has 0 bridgehead atoms. The second-order valence-electron chi connectivity index (χ2n) is 9.88. The number of ether oxygens (including phenoxy) is 1. The molecular weight excluding hydrogens is 475 g/mol. The quantitative estimate of drug-likeness (QED) is 0.536. The largest absolute Gasteiger partial charge is 0.487 e. The number of aromatic nitrogens is 2. The Kier molecular flexibility index (Phi) is 5.89. The highest BCUT2D eigenvalue weighted by molar-refractivity contribution is 5.86. The predicted octanol–water partition coefficient (Wildman–Crippen LogP) is 4.71. The van der Waals surface area contributed by atoms with Crippen molar-refractivity contribution in [2.75, 3.05) is 18.0 Å². The average molecular weight is 504 g/mol. The lowest BCUT2D eigenvalue weighted by molar-refractivity contribution is -0.145. The zero-order valence-corrected chi connectivity index (χ0v) is 20.0. The number of alkyl halides is 3. The molecule has 10 heteroatoms. The number of aliphatic hydroxyl groups excluding tert-OH is 1. The molecule has 0 saturated carbocycles. The number of hydrogen-bond donors (Lipinski definition) is 2. The number of benzene rings is 2. The van der Waals surface area contributed by atoms with Gasteiger partial charge in [0.05, 0.1) is 17.5 Å². The van der Waals surface area contributed by atoms with Gasteiger partial charge in [0.15, 0.2) is 5.69 Å². The molecule has 1 aromatic heterocycles. The number of aliphatic carboxylic acids is 1. The summed E-state index contributed by atoms with van der Waals surface area (Å²) in [6, 6.07) is 10.4. The maximum atomic E-state index is 13.3. The molecule has 2 aliphatic heterocycles. The molecule has 192 valence electrons. The van der Waals surface area contributed by atoms with Gasteiger partial charge in [-0.1, -0.05) is 12.1 Å². The Bertz CT molecular complexity index is 1310. The highest BCUT2D eigenvalue weighted by Crippen LogP contribution is 2.42. The maximum Gasteiger partial charge on any atom is 0.435 e. The Balaban J connectivity index is 1.32. The number of halogens is 3. The first-order valence-corrected chi connectivity index (χ1v) is 12.0. The number of nitrogens with zero attached hydrogens (tertiary/aromatic N) is 3. The van der Waals surface area contributed by atoms with E-state index in [1.807, 2.05) is 6.07 Å². The molecule has 36 heavy (non-hydrogen) atoms. The van der Waals surface area contributed by atoms with E-state index in [0.29, 0.717) is 29.9 Å². The Morgan fingerprint density at radius 1 is 1.14 bits per heavy atom. The van der Waals surface area contributed by atoms with Crippen LogP contribution in [0.5, 0.6) is 5.75 Å². The Labute approximate surface area is 206 Å². The highest BCUT2D eigenvalue weighted by Gasteiger charge is 2.40. The van der Waals surface area contributed by atoms with Crippen LogP contribution >= 0.6 is 0 Å². The van der Waals surface area contributed by atoms with Gasteiger partial charge in [0.2, 0.25) is 0 Å². The second kappa shape index (κ2) is 8.69. The van der Waals surface area contributed by atoms with Crippen molar-refractivity contribution < 1.29 is 32.9 Å². The van der Waals surface area contributed by atoms with Crippen molar-refractivity contribution >= 4 is 22.6 Å². The Morgan fingerprint density at radius 2 is 1.86 bits per heavy atom. The molecule has 7 nitrogen and oxygen atoms in total. The molecule has 1 saturated heterocycles. The highest BCUT2D eigenvalue weighted by atomic mass is 19.4. The van der Waals surface area contributed by atoms with E-state index < -0.39 is 29.9 Å². The fraction of sp³-hybridized carbons (Fsp3) is 0.462. The number of carbonyl (C=O) groups is 1. The zero-order valence-electron chi connectivity index (χ0n) is 20.0. The summed E-state index contributed by atoms with van der Waals surface area (Å²) in [6.07, 6.45) is -2.49. The normalized spacial score (nSPS) is 19.1. The van der Waals surface area contributed by atoms with Crippen LogP contribution in [0.4, 0.5) is 18.9 Å². The summed E-state index contributed by atoms with van der Waals surface area (Å²) in [7, 11) is 1.52. The minimum atomic E-state index is -4.51. The SMILES string of the molecule is C[C@H](C(=O)O)[C@@H](O)c1ccc2c(c1)OC1(CC2)CCN(c2ccc3c(C(F)(F)F)nn(C)c3c2)CC1. The van der Waals surface area contributed by atoms with E-state index >= 15 is 0 Å². The number of carboxylic acid groups (broad SMARTS) is 1. The van der Waals surface area contributed by atoms with Crippen molar-refractivity contribution in [1.82, 2.24) is 9.78 Å². The molecule has 2 aromatic carbocycles. The molecule has 3 heterocycles. The molecule has 2 aliphatic rings. The lowest BCUT2D eigenvalue weighted by atomic mass is 9.82. The summed E-state index contributed by atoms with van der Waals surface area (Å²) in [5.41, 5.74) is 1.58. The molecule has 1 fully saturated rings. The van der Waals surface area contributed by atoms with Gasteiger partial charge in [-0.25, -0.2) is 0 Å². The number of aliphatic hydroxyl groups is 1. The molecule has 1 spiro atoms. The number of rotatable bonds is 4. The van der Waals surface area contributed by atoms with Crippen LogP contribution in [0.15, 0.2) is 36.4 Å². The Morgan fingerprint density at radius 3 is 2.53 bits per heavy atom. The number of fused-ring (bicyclic) bond motifs is 2. The third-order valence-corrected chi connectivity index (χ3v) is 7.62. The van der Waals surface area contributed by atoms with Crippen LogP contribution in [0.25, 0.3) is 10.9 Å². The van der Waals surface area contributed by atoms with Gasteiger partial charge in [-0.3, -0.25) is 9.48 Å². The lowest BCUT2D eigenvalue weighted by Gasteiger charge is -2.45. The number of anilines is 1. The molecule has 2 atom stereocenters. The number of piperidine rings is 1. The van der Waals surface area contributed by atoms with Crippen LogP contribution in [-0.4, -0.2) is 44.7 Å². The third-order valence-electron chi connectivity index (χ3n) is 7.62. The van der Waals surface area contributed by atoms with E-state index in [4.69, 9.17) is 4.74 Å². The summed E-state index contributed by atoms with van der Waals surface area (Å²) in [5, 5.41) is 23.4. The van der Waals surface area contributed by atoms with E-state index in [-0.39, 0.29) is 11.0 Å².